The Hall–Kier alpha value is -1.42. The summed E-state index contributed by atoms with van der Waals surface area (Å²) in [6.45, 7) is 0. The molecule has 0 aliphatic heterocycles. The molecular weight excluding hydrogens is 242 g/mol. The van der Waals surface area contributed by atoms with Crippen molar-refractivity contribution >= 4 is 27.4 Å². The second-order valence-corrected chi connectivity index (χ2v) is 3.64. The zero-order chi connectivity index (χ0) is 9.80. The van der Waals surface area contributed by atoms with E-state index in [9.17, 15) is 0 Å². The van der Waals surface area contributed by atoms with Gasteiger partial charge in [0.15, 0.2) is 0 Å². The van der Waals surface area contributed by atoms with Gasteiger partial charge in [0.1, 0.15) is 5.82 Å². The van der Waals surface area contributed by atoms with Crippen molar-refractivity contribution in [3.05, 3.63) is 47.3 Å². The zero-order valence-electron chi connectivity index (χ0n) is 7.31. The highest BCUT2D eigenvalue weighted by Gasteiger charge is 1.95. The molecule has 0 spiro atoms. The monoisotopic (exact) mass is 249 g/mol. The van der Waals surface area contributed by atoms with Crippen LogP contribution in [-0.4, -0.2) is 9.97 Å². The molecule has 0 aliphatic rings. The van der Waals surface area contributed by atoms with Gasteiger partial charge in [0, 0.05) is 28.8 Å². The number of hydrogen-bond acceptors (Lipinski definition) is 3. The van der Waals surface area contributed by atoms with Gasteiger partial charge in [0.2, 0.25) is 0 Å². The van der Waals surface area contributed by atoms with Crippen molar-refractivity contribution in [2.45, 2.75) is 0 Å². The van der Waals surface area contributed by atoms with Crippen LogP contribution in [0.4, 0.5) is 11.5 Å². The van der Waals surface area contributed by atoms with Crippen molar-refractivity contribution in [3.8, 4) is 0 Å². The SMILES string of the molecule is Brc1ccnc(Nc2ccncc2)c1. The lowest BCUT2D eigenvalue weighted by Crippen LogP contribution is -1.92. The minimum Gasteiger partial charge on any atom is -0.340 e. The molecule has 0 atom stereocenters. The molecule has 0 saturated carbocycles. The molecule has 3 nitrogen and oxygen atoms in total. The Morgan fingerprint density at radius 2 is 1.86 bits per heavy atom. The average molecular weight is 250 g/mol. The molecule has 0 bridgehead atoms. The summed E-state index contributed by atoms with van der Waals surface area (Å²) in [5, 5.41) is 3.16. The summed E-state index contributed by atoms with van der Waals surface area (Å²) in [5.74, 6) is 0.811. The third-order valence-electron chi connectivity index (χ3n) is 1.67. The zero-order valence-corrected chi connectivity index (χ0v) is 8.90. The molecule has 0 radical (unpaired) electrons. The van der Waals surface area contributed by atoms with Crippen LogP contribution in [0.15, 0.2) is 47.3 Å². The topological polar surface area (TPSA) is 37.8 Å². The maximum Gasteiger partial charge on any atom is 0.131 e. The van der Waals surface area contributed by atoms with Crippen molar-refractivity contribution in [2.75, 3.05) is 5.32 Å². The lowest BCUT2D eigenvalue weighted by Gasteiger charge is -2.04. The van der Waals surface area contributed by atoms with Crippen LogP contribution in [0.2, 0.25) is 0 Å². The Morgan fingerprint density at radius 1 is 1.07 bits per heavy atom. The van der Waals surface area contributed by atoms with Gasteiger partial charge in [-0.2, -0.15) is 0 Å². The van der Waals surface area contributed by atoms with Crippen molar-refractivity contribution < 1.29 is 0 Å². The fraction of sp³-hybridized carbons (Fsp3) is 0. The minimum absolute atomic E-state index is 0.811. The van der Waals surface area contributed by atoms with Crippen molar-refractivity contribution in [2.24, 2.45) is 0 Å². The molecule has 0 aliphatic carbocycles. The molecule has 2 aromatic rings. The van der Waals surface area contributed by atoms with E-state index in [0.29, 0.717) is 0 Å². The molecule has 0 fully saturated rings. The molecule has 70 valence electrons. The van der Waals surface area contributed by atoms with Crippen molar-refractivity contribution in [1.29, 1.82) is 0 Å². The molecule has 2 aromatic heterocycles. The average Bonchev–Trinajstić information content (AvgIpc) is 2.19. The summed E-state index contributed by atoms with van der Waals surface area (Å²) in [5.41, 5.74) is 0.977. The third-order valence-corrected chi connectivity index (χ3v) is 2.17. The molecule has 0 unspecified atom stereocenters. The van der Waals surface area contributed by atoms with Gasteiger partial charge in [-0.3, -0.25) is 4.98 Å². The van der Waals surface area contributed by atoms with Gasteiger partial charge in [-0.25, -0.2) is 4.98 Å². The first-order chi connectivity index (χ1) is 6.84. The number of nitrogens with zero attached hydrogens (tertiary/aromatic N) is 2. The second-order valence-electron chi connectivity index (χ2n) is 2.72. The second kappa shape index (κ2) is 4.19. The van der Waals surface area contributed by atoms with Crippen LogP contribution in [0.5, 0.6) is 0 Å². The van der Waals surface area contributed by atoms with Crippen LogP contribution in [-0.2, 0) is 0 Å². The number of anilines is 2. The van der Waals surface area contributed by atoms with Gasteiger partial charge in [0.25, 0.3) is 0 Å². The summed E-state index contributed by atoms with van der Waals surface area (Å²) in [6, 6.07) is 7.59. The first kappa shape index (κ1) is 9.15. The van der Waals surface area contributed by atoms with Crippen LogP contribution >= 0.6 is 15.9 Å². The molecule has 2 rings (SSSR count). The maximum absolute atomic E-state index is 4.17. The Bertz CT molecular complexity index is 417. The number of rotatable bonds is 2. The number of hydrogen-bond donors (Lipinski definition) is 1. The fourth-order valence-electron chi connectivity index (χ4n) is 1.06. The quantitative estimate of drug-likeness (QED) is 0.890. The van der Waals surface area contributed by atoms with E-state index in [2.05, 4.69) is 31.2 Å². The molecule has 14 heavy (non-hydrogen) atoms. The Morgan fingerprint density at radius 3 is 2.57 bits per heavy atom. The van der Waals surface area contributed by atoms with Gasteiger partial charge in [0.05, 0.1) is 0 Å². The number of halogens is 1. The summed E-state index contributed by atoms with van der Waals surface area (Å²) < 4.78 is 1.00. The maximum atomic E-state index is 4.17. The van der Waals surface area contributed by atoms with E-state index in [1.165, 1.54) is 0 Å². The number of pyridine rings is 2. The largest absolute Gasteiger partial charge is 0.340 e. The van der Waals surface area contributed by atoms with Crippen LogP contribution < -0.4 is 5.32 Å². The van der Waals surface area contributed by atoms with E-state index in [1.54, 1.807) is 18.6 Å². The summed E-state index contributed by atoms with van der Waals surface area (Å²) in [7, 11) is 0. The highest BCUT2D eigenvalue weighted by Crippen LogP contribution is 2.16. The van der Waals surface area contributed by atoms with Crippen molar-refractivity contribution in [3.63, 3.8) is 0 Å². The van der Waals surface area contributed by atoms with Gasteiger partial charge >= 0.3 is 0 Å². The van der Waals surface area contributed by atoms with Crippen molar-refractivity contribution in [1.82, 2.24) is 9.97 Å². The lowest BCUT2D eigenvalue weighted by atomic mass is 10.4. The van der Waals surface area contributed by atoms with Gasteiger partial charge < -0.3 is 5.32 Å². The normalized spacial score (nSPS) is 9.79. The third kappa shape index (κ3) is 2.29. The highest BCUT2D eigenvalue weighted by atomic mass is 79.9. The molecule has 4 heteroatoms. The predicted octanol–water partition coefficient (Wildman–Crippen LogP) is 2.98. The van der Waals surface area contributed by atoms with Gasteiger partial charge in [-0.05, 0) is 24.3 Å². The minimum atomic E-state index is 0.811. The fourth-order valence-corrected chi connectivity index (χ4v) is 1.39. The smallest absolute Gasteiger partial charge is 0.131 e. The summed E-state index contributed by atoms with van der Waals surface area (Å²) >= 11 is 3.38. The van der Waals surface area contributed by atoms with E-state index >= 15 is 0 Å². The highest BCUT2D eigenvalue weighted by molar-refractivity contribution is 9.10. The molecule has 0 aromatic carbocycles. The van der Waals surface area contributed by atoms with E-state index < -0.39 is 0 Å². The van der Waals surface area contributed by atoms with Crippen LogP contribution in [0.3, 0.4) is 0 Å². The first-order valence-electron chi connectivity index (χ1n) is 4.13. The summed E-state index contributed by atoms with van der Waals surface area (Å²) in [4.78, 5) is 8.11. The van der Waals surface area contributed by atoms with Crippen LogP contribution in [0.25, 0.3) is 0 Å². The molecule has 0 amide bonds. The molecule has 0 saturated heterocycles. The van der Waals surface area contributed by atoms with E-state index in [1.807, 2.05) is 24.3 Å². The predicted molar refractivity (Wildman–Crippen MR) is 59.5 cm³/mol. The standard InChI is InChI=1S/C10H8BrN3/c11-8-1-6-13-10(7-8)14-9-2-4-12-5-3-9/h1-7H,(H,12,13,14). The van der Waals surface area contributed by atoms with Gasteiger partial charge in [-0.15, -0.1) is 0 Å². The van der Waals surface area contributed by atoms with E-state index in [0.717, 1.165) is 16.0 Å². The molecule has 1 N–H and O–H groups in total. The van der Waals surface area contributed by atoms with Gasteiger partial charge in [-0.1, -0.05) is 15.9 Å². The van der Waals surface area contributed by atoms with E-state index in [-0.39, 0.29) is 0 Å². The Kier molecular flexibility index (Phi) is 2.74. The molecule has 2 heterocycles. The Balaban J connectivity index is 2.19. The summed E-state index contributed by atoms with van der Waals surface area (Å²) in [6.07, 6.45) is 5.22. The Labute approximate surface area is 90.3 Å². The first-order valence-corrected chi connectivity index (χ1v) is 4.92. The number of nitrogens with one attached hydrogen (secondary N) is 1. The van der Waals surface area contributed by atoms with Crippen LogP contribution in [0, 0.1) is 0 Å². The molecular formula is C10H8BrN3. The van der Waals surface area contributed by atoms with Crippen LogP contribution in [0.1, 0.15) is 0 Å². The number of aromatic nitrogens is 2. The lowest BCUT2D eigenvalue weighted by molar-refractivity contribution is 1.28. The van der Waals surface area contributed by atoms with E-state index in [4.69, 9.17) is 0 Å².